The lowest BCUT2D eigenvalue weighted by molar-refractivity contribution is -0.0231. The second-order valence-electron chi connectivity index (χ2n) is 2.89. The minimum atomic E-state index is -3.60. The summed E-state index contributed by atoms with van der Waals surface area (Å²) in [5, 5.41) is 1.57. The molecule has 0 amide bonds. The number of halogens is 6. The number of fused-ring (bicyclic) bond motifs is 1. The van der Waals surface area contributed by atoms with Gasteiger partial charge in [0.15, 0.2) is 0 Å². The molecule has 1 aliphatic rings. The van der Waals surface area contributed by atoms with E-state index in [-0.39, 0.29) is 10.4 Å². The molecule has 0 spiro atoms. The molecule has 0 bridgehead atoms. The fourth-order valence-electron chi connectivity index (χ4n) is 1.31. The molecule has 0 saturated heterocycles. The first kappa shape index (κ1) is 11.2. The summed E-state index contributed by atoms with van der Waals surface area (Å²) in [6.45, 7) is 0. The predicted molar refractivity (Wildman–Crippen MR) is 56.0 cm³/mol. The first-order valence-electron chi connectivity index (χ1n) is 3.45. The van der Waals surface area contributed by atoms with E-state index in [0.717, 1.165) is 11.3 Å². The van der Waals surface area contributed by atoms with E-state index >= 15 is 0 Å². The van der Waals surface area contributed by atoms with Crippen LogP contribution in [-0.4, -0.2) is 5.92 Å². The van der Waals surface area contributed by atoms with Crippen molar-refractivity contribution >= 4 is 57.7 Å². The van der Waals surface area contributed by atoms with Crippen LogP contribution < -0.4 is 0 Å². The largest absolute Gasteiger partial charge is 0.321 e. The molecule has 0 N–H and O–H groups in total. The molecule has 0 aliphatic heterocycles. The number of hydrogen-bond donors (Lipinski definition) is 0. The fourth-order valence-corrected chi connectivity index (χ4v) is 3.93. The van der Waals surface area contributed by atoms with Crippen LogP contribution in [0.25, 0.3) is 0 Å². The van der Waals surface area contributed by atoms with Gasteiger partial charge < -0.3 is 0 Å². The molecular weight excluding hydrogens is 296 g/mol. The summed E-state index contributed by atoms with van der Waals surface area (Å²) in [5.74, 6) is -3.60. The Balaban J connectivity index is 2.73. The highest BCUT2D eigenvalue weighted by molar-refractivity contribution is 7.11. The molecule has 1 aromatic rings. The second kappa shape index (κ2) is 2.89. The van der Waals surface area contributed by atoms with Gasteiger partial charge in [0, 0.05) is 5.56 Å². The zero-order chi connectivity index (χ0) is 10.8. The lowest BCUT2D eigenvalue weighted by Gasteiger charge is -2.28. The highest BCUT2D eigenvalue weighted by Gasteiger charge is 2.73. The van der Waals surface area contributed by atoms with Crippen LogP contribution in [0.3, 0.4) is 0 Å². The van der Waals surface area contributed by atoms with Crippen molar-refractivity contribution in [2.75, 3.05) is 0 Å². The Labute approximate surface area is 103 Å². The van der Waals surface area contributed by atoms with Gasteiger partial charge in [0.1, 0.15) is 0 Å². The molecule has 1 heterocycles. The molecule has 0 nitrogen and oxygen atoms in total. The van der Waals surface area contributed by atoms with Crippen molar-refractivity contribution in [3.8, 4) is 0 Å². The zero-order valence-corrected chi connectivity index (χ0v) is 10.2. The molecule has 0 fully saturated rings. The molecule has 2 rings (SSSR count). The van der Waals surface area contributed by atoms with Crippen LogP contribution in [0, 0.1) is 0 Å². The van der Waals surface area contributed by atoms with Crippen molar-refractivity contribution in [3.63, 3.8) is 0 Å². The first-order chi connectivity index (χ1) is 6.23. The van der Waals surface area contributed by atoms with E-state index in [2.05, 4.69) is 0 Å². The van der Waals surface area contributed by atoms with Gasteiger partial charge in [-0.05, 0) is 11.4 Å². The van der Waals surface area contributed by atoms with E-state index in [1.165, 1.54) is 6.07 Å². The standard InChI is InChI=1S/C7H2Cl4F2S/c8-5(9)3-1-2-14-4(3)6(10,11)7(5,12)13/h1-2H. The van der Waals surface area contributed by atoms with Crippen molar-refractivity contribution in [3.05, 3.63) is 21.9 Å². The predicted octanol–water partition coefficient (Wildman–Crippen LogP) is 4.66. The van der Waals surface area contributed by atoms with Crippen LogP contribution in [0.1, 0.15) is 10.4 Å². The van der Waals surface area contributed by atoms with Crippen LogP contribution in [0.15, 0.2) is 11.4 Å². The summed E-state index contributed by atoms with van der Waals surface area (Å²) >= 11 is 23.3. The molecule has 0 unspecified atom stereocenters. The summed E-state index contributed by atoms with van der Waals surface area (Å²) in [5.41, 5.74) is 0.0841. The van der Waals surface area contributed by atoms with E-state index in [1.54, 1.807) is 5.38 Å². The fraction of sp³-hybridized carbons (Fsp3) is 0.429. The number of rotatable bonds is 0. The number of thiophene rings is 1. The van der Waals surface area contributed by atoms with Crippen molar-refractivity contribution in [2.24, 2.45) is 0 Å². The van der Waals surface area contributed by atoms with Gasteiger partial charge in [0.05, 0.1) is 4.88 Å². The minimum absolute atomic E-state index is 0.0841. The summed E-state index contributed by atoms with van der Waals surface area (Å²) in [6, 6.07) is 1.40. The topological polar surface area (TPSA) is 0 Å². The minimum Gasteiger partial charge on any atom is -0.199 e. The van der Waals surface area contributed by atoms with E-state index < -0.39 is 14.6 Å². The normalized spacial score (nSPS) is 26.1. The lowest BCUT2D eigenvalue weighted by atomic mass is 10.2. The lowest BCUT2D eigenvalue weighted by Crippen LogP contribution is -2.41. The van der Waals surface area contributed by atoms with Crippen LogP contribution in [0.4, 0.5) is 8.78 Å². The zero-order valence-electron chi connectivity index (χ0n) is 6.33. The molecule has 1 aromatic heterocycles. The van der Waals surface area contributed by atoms with Crippen LogP contribution in [0.5, 0.6) is 0 Å². The van der Waals surface area contributed by atoms with E-state index in [0.29, 0.717) is 0 Å². The molecular formula is C7H2Cl4F2S. The second-order valence-corrected chi connectivity index (χ2v) is 6.46. The molecule has 0 atom stereocenters. The van der Waals surface area contributed by atoms with Crippen LogP contribution in [0.2, 0.25) is 0 Å². The third kappa shape index (κ3) is 1.05. The van der Waals surface area contributed by atoms with Gasteiger partial charge in [-0.2, -0.15) is 8.78 Å². The molecule has 0 saturated carbocycles. The Bertz CT molecular complexity index is 352. The molecule has 78 valence electrons. The molecule has 7 heteroatoms. The maximum atomic E-state index is 13.6. The van der Waals surface area contributed by atoms with Crippen molar-refractivity contribution in [1.82, 2.24) is 0 Å². The summed E-state index contributed by atoms with van der Waals surface area (Å²) in [7, 11) is 0. The SMILES string of the molecule is FC1(F)C(Cl)(Cl)c2ccsc2C1(Cl)Cl. The molecule has 14 heavy (non-hydrogen) atoms. The first-order valence-corrected chi connectivity index (χ1v) is 5.84. The van der Waals surface area contributed by atoms with Gasteiger partial charge in [-0.15, -0.1) is 11.3 Å². The smallest absolute Gasteiger partial charge is 0.199 e. The molecule has 0 aromatic carbocycles. The number of hydrogen-bond acceptors (Lipinski definition) is 1. The summed E-state index contributed by atoms with van der Waals surface area (Å²) in [4.78, 5) is 0.107. The highest BCUT2D eigenvalue weighted by Crippen LogP contribution is 2.68. The Kier molecular flexibility index (Phi) is 2.31. The molecule has 0 radical (unpaired) electrons. The van der Waals surface area contributed by atoms with Gasteiger partial charge >= 0.3 is 5.92 Å². The van der Waals surface area contributed by atoms with E-state index in [9.17, 15) is 8.78 Å². The Morgan fingerprint density at radius 2 is 1.64 bits per heavy atom. The Morgan fingerprint density at radius 1 is 1.07 bits per heavy atom. The number of alkyl halides is 6. The quantitative estimate of drug-likeness (QED) is 0.611. The maximum absolute atomic E-state index is 13.6. The van der Waals surface area contributed by atoms with Gasteiger partial charge in [-0.1, -0.05) is 46.4 Å². The molecule has 1 aliphatic carbocycles. The maximum Gasteiger partial charge on any atom is 0.321 e. The summed E-state index contributed by atoms with van der Waals surface area (Å²) < 4.78 is 22.5. The van der Waals surface area contributed by atoms with E-state index in [4.69, 9.17) is 46.4 Å². The van der Waals surface area contributed by atoms with Crippen molar-refractivity contribution in [1.29, 1.82) is 0 Å². The Hall–Kier alpha value is 0.720. The van der Waals surface area contributed by atoms with Gasteiger partial charge in [0.2, 0.25) is 8.67 Å². The van der Waals surface area contributed by atoms with Crippen molar-refractivity contribution in [2.45, 2.75) is 14.6 Å². The average Bonchev–Trinajstić information content (AvgIpc) is 2.53. The van der Waals surface area contributed by atoms with Gasteiger partial charge in [-0.3, -0.25) is 0 Å². The van der Waals surface area contributed by atoms with Crippen molar-refractivity contribution < 1.29 is 8.78 Å². The van der Waals surface area contributed by atoms with Gasteiger partial charge in [0.25, 0.3) is 0 Å². The third-order valence-corrected chi connectivity index (χ3v) is 5.07. The van der Waals surface area contributed by atoms with E-state index in [1.807, 2.05) is 0 Å². The van der Waals surface area contributed by atoms with Crippen LogP contribution in [-0.2, 0) is 8.67 Å². The highest BCUT2D eigenvalue weighted by atomic mass is 35.5. The summed E-state index contributed by atoms with van der Waals surface area (Å²) in [6.07, 6.45) is 0. The average molecular weight is 298 g/mol. The van der Waals surface area contributed by atoms with Crippen LogP contribution >= 0.6 is 57.7 Å². The third-order valence-electron chi connectivity index (χ3n) is 2.08. The van der Waals surface area contributed by atoms with Gasteiger partial charge in [-0.25, -0.2) is 0 Å². The monoisotopic (exact) mass is 296 g/mol. The Morgan fingerprint density at radius 3 is 2.14 bits per heavy atom.